The molecule has 1 aliphatic heterocycles. The third-order valence-electron chi connectivity index (χ3n) is 6.03. The highest BCUT2D eigenvalue weighted by Crippen LogP contribution is 2.27. The van der Waals surface area contributed by atoms with Crippen molar-refractivity contribution >= 4 is 5.97 Å². The first-order valence-corrected chi connectivity index (χ1v) is 11.9. The summed E-state index contributed by atoms with van der Waals surface area (Å²) in [6.07, 6.45) is 3.59. The Morgan fingerprint density at radius 1 is 1.06 bits per heavy atom. The van der Waals surface area contributed by atoms with Crippen molar-refractivity contribution in [1.29, 1.82) is 0 Å². The number of aryl methyl sites for hydroxylation is 2. The van der Waals surface area contributed by atoms with Crippen molar-refractivity contribution in [2.45, 2.75) is 39.0 Å². The van der Waals surface area contributed by atoms with Gasteiger partial charge in [0.15, 0.2) is 0 Å². The van der Waals surface area contributed by atoms with Crippen molar-refractivity contribution in [1.82, 2.24) is 9.88 Å². The minimum atomic E-state index is -0.818. The van der Waals surface area contributed by atoms with Crippen LogP contribution in [0.25, 0.3) is 11.5 Å². The number of ether oxygens (including phenoxy) is 2. The Balaban J connectivity index is 1.36. The number of aromatic nitrogens is 1. The van der Waals surface area contributed by atoms with Crippen LogP contribution < -0.4 is 9.47 Å². The lowest BCUT2D eigenvalue weighted by molar-refractivity contribution is -0.136. The van der Waals surface area contributed by atoms with Crippen LogP contribution in [0.3, 0.4) is 0 Å². The lowest BCUT2D eigenvalue weighted by atomic mass is 10.1. The molecule has 1 aliphatic rings. The van der Waals surface area contributed by atoms with Gasteiger partial charge in [0.1, 0.15) is 23.9 Å². The highest BCUT2D eigenvalue weighted by molar-refractivity contribution is 5.67. The number of carboxylic acids is 1. The van der Waals surface area contributed by atoms with Crippen molar-refractivity contribution < 1.29 is 23.8 Å². The summed E-state index contributed by atoms with van der Waals surface area (Å²) in [5, 5.41) is 9.08. The molecule has 4 rings (SSSR count). The van der Waals surface area contributed by atoms with Crippen LogP contribution in [0, 0.1) is 6.92 Å². The number of oxazole rings is 1. The number of benzene rings is 2. The summed E-state index contributed by atoms with van der Waals surface area (Å²) in [4.78, 5) is 18.1. The molecule has 7 heteroatoms. The third-order valence-corrected chi connectivity index (χ3v) is 6.03. The second kappa shape index (κ2) is 11.7. The number of likely N-dealkylation sites (tertiary alicyclic amines) is 1. The van der Waals surface area contributed by atoms with E-state index in [1.165, 1.54) is 12.8 Å². The maximum atomic E-state index is 11.0. The number of hydrogen-bond donors (Lipinski definition) is 1. The van der Waals surface area contributed by atoms with Crippen molar-refractivity contribution in [3.63, 3.8) is 0 Å². The molecule has 1 N–H and O–H groups in total. The zero-order valence-electron chi connectivity index (χ0n) is 19.7. The van der Waals surface area contributed by atoms with E-state index in [1.54, 1.807) is 0 Å². The first-order chi connectivity index (χ1) is 16.6. The van der Waals surface area contributed by atoms with Gasteiger partial charge in [-0.2, -0.15) is 0 Å². The molecule has 0 atom stereocenters. The van der Waals surface area contributed by atoms with Crippen molar-refractivity contribution in [3.8, 4) is 23.0 Å². The minimum absolute atomic E-state index is 0.0673. The molecule has 34 heavy (non-hydrogen) atoms. The van der Waals surface area contributed by atoms with Gasteiger partial charge in [0.2, 0.25) is 5.89 Å². The second-order valence-electron chi connectivity index (χ2n) is 8.55. The van der Waals surface area contributed by atoms with Crippen LogP contribution in [0.5, 0.6) is 11.5 Å². The van der Waals surface area contributed by atoms with Crippen LogP contribution >= 0.6 is 0 Å². The summed E-state index contributed by atoms with van der Waals surface area (Å²) >= 11 is 0. The molecule has 2 heterocycles. The first-order valence-electron chi connectivity index (χ1n) is 11.9. The van der Waals surface area contributed by atoms with E-state index in [0.717, 1.165) is 42.2 Å². The van der Waals surface area contributed by atoms with E-state index in [4.69, 9.17) is 19.0 Å². The average Bonchev–Trinajstić information content (AvgIpc) is 3.49. The van der Waals surface area contributed by atoms with Gasteiger partial charge in [-0.15, -0.1) is 0 Å². The van der Waals surface area contributed by atoms with Gasteiger partial charge in [0.05, 0.1) is 12.3 Å². The quantitative estimate of drug-likeness (QED) is 0.413. The Morgan fingerprint density at radius 3 is 2.62 bits per heavy atom. The van der Waals surface area contributed by atoms with Gasteiger partial charge in [-0.25, -0.2) is 4.98 Å². The molecule has 180 valence electrons. The van der Waals surface area contributed by atoms with E-state index in [0.29, 0.717) is 43.4 Å². The Hall–Kier alpha value is -3.32. The normalized spacial score (nSPS) is 13.8. The topological polar surface area (TPSA) is 85.0 Å². The SMILES string of the molecule is Cc1oc(-c2ccccc2)nc1CCOc1ccc(CCC(=O)O)c(OCCN2CCCC2)c1. The summed E-state index contributed by atoms with van der Waals surface area (Å²) in [6, 6.07) is 15.5. The number of carboxylic acid groups (broad SMARTS) is 1. The lowest BCUT2D eigenvalue weighted by Crippen LogP contribution is -2.25. The molecule has 7 nitrogen and oxygen atoms in total. The lowest BCUT2D eigenvalue weighted by Gasteiger charge is -2.17. The maximum Gasteiger partial charge on any atom is 0.303 e. The molecule has 0 saturated carbocycles. The van der Waals surface area contributed by atoms with Crippen LogP contribution in [0.1, 0.15) is 36.3 Å². The maximum absolute atomic E-state index is 11.0. The molecule has 0 amide bonds. The van der Waals surface area contributed by atoms with Crippen LogP contribution in [-0.4, -0.2) is 53.8 Å². The molecule has 0 aliphatic carbocycles. The predicted molar refractivity (Wildman–Crippen MR) is 129 cm³/mol. The first kappa shape index (κ1) is 23.8. The summed E-state index contributed by atoms with van der Waals surface area (Å²) in [5.41, 5.74) is 2.71. The zero-order valence-corrected chi connectivity index (χ0v) is 19.7. The van der Waals surface area contributed by atoms with Gasteiger partial charge in [0, 0.05) is 31.0 Å². The van der Waals surface area contributed by atoms with Gasteiger partial charge >= 0.3 is 5.97 Å². The van der Waals surface area contributed by atoms with Gasteiger partial charge in [-0.1, -0.05) is 24.3 Å². The summed E-state index contributed by atoms with van der Waals surface area (Å²) < 4.78 is 17.9. The van der Waals surface area contributed by atoms with E-state index in [1.807, 2.05) is 55.5 Å². The highest BCUT2D eigenvalue weighted by Gasteiger charge is 2.14. The van der Waals surface area contributed by atoms with Crippen molar-refractivity contribution in [2.75, 3.05) is 32.8 Å². The van der Waals surface area contributed by atoms with Crippen LogP contribution in [0.4, 0.5) is 0 Å². The van der Waals surface area contributed by atoms with Crippen molar-refractivity contribution in [3.05, 3.63) is 65.5 Å². The fourth-order valence-corrected chi connectivity index (χ4v) is 4.13. The Kier molecular flexibility index (Phi) is 8.20. The highest BCUT2D eigenvalue weighted by atomic mass is 16.5. The van der Waals surface area contributed by atoms with E-state index in [9.17, 15) is 4.79 Å². The zero-order chi connectivity index (χ0) is 23.8. The summed E-state index contributed by atoms with van der Waals surface area (Å²) in [5.74, 6) is 1.98. The predicted octanol–water partition coefficient (Wildman–Crippen LogP) is 4.76. The Morgan fingerprint density at radius 2 is 1.85 bits per heavy atom. The van der Waals surface area contributed by atoms with E-state index >= 15 is 0 Å². The fraction of sp³-hybridized carbons (Fsp3) is 0.407. The van der Waals surface area contributed by atoms with Crippen LogP contribution in [0.2, 0.25) is 0 Å². The molecule has 2 aromatic carbocycles. The molecular formula is C27H32N2O5. The Bertz CT molecular complexity index is 1070. The van der Waals surface area contributed by atoms with Gasteiger partial charge in [-0.3, -0.25) is 9.69 Å². The number of nitrogens with zero attached hydrogens (tertiary/aromatic N) is 2. The second-order valence-corrected chi connectivity index (χ2v) is 8.55. The molecule has 1 fully saturated rings. The number of aliphatic carboxylic acids is 1. The molecule has 0 spiro atoms. The molecule has 1 saturated heterocycles. The fourth-order valence-electron chi connectivity index (χ4n) is 4.13. The van der Waals surface area contributed by atoms with Crippen molar-refractivity contribution in [2.24, 2.45) is 0 Å². The standard InChI is InChI=1S/C27H32N2O5/c1-20-24(28-27(34-20)22-7-3-2-4-8-22)13-17-32-23-11-9-21(10-12-26(30)31)25(19-23)33-18-16-29-14-5-6-15-29/h2-4,7-9,11,19H,5-6,10,12-18H2,1H3,(H,30,31). The summed E-state index contributed by atoms with van der Waals surface area (Å²) in [6.45, 7) is 6.04. The molecule has 0 radical (unpaired) electrons. The summed E-state index contributed by atoms with van der Waals surface area (Å²) in [7, 11) is 0. The molecule has 3 aromatic rings. The van der Waals surface area contributed by atoms with E-state index in [2.05, 4.69) is 9.88 Å². The van der Waals surface area contributed by atoms with Gasteiger partial charge < -0.3 is 19.0 Å². The smallest absolute Gasteiger partial charge is 0.303 e. The monoisotopic (exact) mass is 464 g/mol. The molecule has 0 unspecified atom stereocenters. The molecule has 0 bridgehead atoms. The average molecular weight is 465 g/mol. The number of carbonyl (C=O) groups is 1. The van der Waals surface area contributed by atoms with Gasteiger partial charge in [-0.05, 0) is 63.0 Å². The minimum Gasteiger partial charge on any atom is -0.493 e. The number of rotatable bonds is 12. The van der Waals surface area contributed by atoms with E-state index < -0.39 is 5.97 Å². The Labute approximate surface area is 200 Å². The van der Waals surface area contributed by atoms with E-state index in [-0.39, 0.29) is 6.42 Å². The van der Waals surface area contributed by atoms with Gasteiger partial charge in [0.25, 0.3) is 0 Å². The molecule has 1 aromatic heterocycles. The third kappa shape index (κ3) is 6.60. The largest absolute Gasteiger partial charge is 0.493 e. The van der Waals surface area contributed by atoms with Crippen LogP contribution in [-0.2, 0) is 17.6 Å². The van der Waals surface area contributed by atoms with Crippen LogP contribution in [0.15, 0.2) is 52.9 Å². The molecular weight excluding hydrogens is 432 g/mol. The number of hydrogen-bond acceptors (Lipinski definition) is 6.